The minimum absolute atomic E-state index is 0.209. The molecule has 0 radical (unpaired) electrons. The van der Waals surface area contributed by atoms with Crippen LogP contribution in [0.25, 0.3) is 10.9 Å². The van der Waals surface area contributed by atoms with Crippen LogP contribution < -0.4 is 5.32 Å². The number of carbonyl (C=O) groups excluding carboxylic acids is 1. The summed E-state index contributed by atoms with van der Waals surface area (Å²) in [7, 11) is 1.40. The van der Waals surface area contributed by atoms with Crippen LogP contribution in [-0.4, -0.2) is 24.1 Å². The molecular formula is C17H20N2O2. The molecule has 4 nitrogen and oxygen atoms in total. The van der Waals surface area contributed by atoms with Crippen LogP contribution in [0.5, 0.6) is 0 Å². The Labute approximate surface area is 124 Å². The van der Waals surface area contributed by atoms with Gasteiger partial charge in [-0.3, -0.25) is 9.78 Å². The molecule has 1 heterocycles. The summed E-state index contributed by atoms with van der Waals surface area (Å²) in [5.41, 5.74) is 2.74. The van der Waals surface area contributed by atoms with Gasteiger partial charge in [0.2, 0.25) is 0 Å². The molecule has 1 aromatic carbocycles. The van der Waals surface area contributed by atoms with Crippen molar-refractivity contribution in [2.24, 2.45) is 0 Å². The van der Waals surface area contributed by atoms with Crippen molar-refractivity contribution in [2.45, 2.75) is 38.1 Å². The summed E-state index contributed by atoms with van der Waals surface area (Å²) in [6.07, 6.45) is 5.21. The lowest BCUT2D eigenvalue weighted by atomic mass is 10.1. The average molecular weight is 284 g/mol. The third-order valence-corrected chi connectivity index (χ3v) is 4.04. The molecule has 4 heteroatoms. The normalized spacial score (nSPS) is 15.3. The van der Waals surface area contributed by atoms with Crippen LogP contribution in [0.15, 0.2) is 30.3 Å². The maximum Gasteiger partial charge on any atom is 0.311 e. The fourth-order valence-corrected chi connectivity index (χ4v) is 2.95. The van der Waals surface area contributed by atoms with Crippen molar-refractivity contribution < 1.29 is 9.53 Å². The Balaban J connectivity index is 1.96. The first-order valence-electron chi connectivity index (χ1n) is 7.48. The lowest BCUT2D eigenvalue weighted by Gasteiger charge is -2.16. The Morgan fingerprint density at radius 2 is 2.10 bits per heavy atom. The van der Waals surface area contributed by atoms with Crippen LogP contribution in [-0.2, 0) is 16.0 Å². The van der Waals surface area contributed by atoms with E-state index in [1.165, 1.54) is 32.8 Å². The van der Waals surface area contributed by atoms with Gasteiger partial charge in [0.1, 0.15) is 0 Å². The maximum atomic E-state index is 11.5. The van der Waals surface area contributed by atoms with Gasteiger partial charge in [-0.2, -0.15) is 0 Å². The van der Waals surface area contributed by atoms with Crippen LogP contribution in [0.4, 0.5) is 5.69 Å². The molecule has 0 aliphatic heterocycles. The van der Waals surface area contributed by atoms with E-state index in [-0.39, 0.29) is 12.4 Å². The van der Waals surface area contributed by atoms with Crippen molar-refractivity contribution in [1.82, 2.24) is 4.98 Å². The van der Waals surface area contributed by atoms with E-state index in [0.717, 1.165) is 22.3 Å². The van der Waals surface area contributed by atoms with Crippen molar-refractivity contribution >= 4 is 22.6 Å². The van der Waals surface area contributed by atoms with E-state index in [4.69, 9.17) is 4.74 Å². The molecule has 0 amide bonds. The average Bonchev–Trinajstić information content (AvgIpc) is 3.00. The standard InChI is InChI=1S/C17H20N2O2/c1-21-17(20)11-13-10-16(18-12-6-2-3-7-12)14-8-4-5-9-15(14)19-13/h4-5,8-10,12H,2-3,6-7,11H2,1H3,(H,18,19). The lowest BCUT2D eigenvalue weighted by molar-refractivity contribution is -0.139. The fraction of sp³-hybridized carbons (Fsp3) is 0.412. The number of hydrogen-bond acceptors (Lipinski definition) is 4. The molecule has 1 fully saturated rings. The molecule has 0 atom stereocenters. The van der Waals surface area contributed by atoms with Gasteiger partial charge in [0.15, 0.2) is 0 Å². The zero-order valence-electron chi connectivity index (χ0n) is 12.3. The van der Waals surface area contributed by atoms with Crippen LogP contribution in [0, 0.1) is 0 Å². The Hall–Kier alpha value is -2.10. The first kappa shape index (κ1) is 13.9. The van der Waals surface area contributed by atoms with Gasteiger partial charge in [0.05, 0.1) is 24.7 Å². The van der Waals surface area contributed by atoms with E-state index in [1.54, 1.807) is 0 Å². The Kier molecular flexibility index (Phi) is 4.04. The van der Waals surface area contributed by atoms with Crippen molar-refractivity contribution in [3.8, 4) is 0 Å². The molecular weight excluding hydrogens is 264 g/mol. The van der Waals surface area contributed by atoms with Crippen molar-refractivity contribution in [3.05, 3.63) is 36.0 Å². The second-order valence-corrected chi connectivity index (χ2v) is 5.56. The number of ether oxygens (including phenoxy) is 1. The number of benzene rings is 1. The highest BCUT2D eigenvalue weighted by Gasteiger charge is 2.17. The molecule has 1 aliphatic carbocycles. The fourth-order valence-electron chi connectivity index (χ4n) is 2.95. The first-order chi connectivity index (χ1) is 10.3. The third-order valence-electron chi connectivity index (χ3n) is 4.04. The van der Waals surface area contributed by atoms with Crippen LogP contribution >= 0.6 is 0 Å². The number of rotatable bonds is 4. The van der Waals surface area contributed by atoms with E-state index in [9.17, 15) is 4.79 Å². The molecule has 1 saturated carbocycles. The quantitative estimate of drug-likeness (QED) is 0.875. The molecule has 1 aliphatic rings. The number of esters is 1. The largest absolute Gasteiger partial charge is 0.469 e. The number of carbonyl (C=O) groups is 1. The van der Waals surface area contributed by atoms with Gasteiger partial charge >= 0.3 is 5.97 Å². The molecule has 0 bridgehead atoms. The molecule has 1 N–H and O–H groups in total. The van der Waals surface area contributed by atoms with Gasteiger partial charge in [0.25, 0.3) is 0 Å². The number of hydrogen-bond donors (Lipinski definition) is 1. The number of nitrogens with one attached hydrogen (secondary N) is 1. The van der Waals surface area contributed by atoms with Crippen LogP contribution in [0.1, 0.15) is 31.4 Å². The van der Waals surface area contributed by atoms with E-state index < -0.39 is 0 Å². The van der Waals surface area contributed by atoms with Crippen LogP contribution in [0.3, 0.4) is 0 Å². The summed E-state index contributed by atoms with van der Waals surface area (Å²) in [5, 5.41) is 4.73. The van der Waals surface area contributed by atoms with Crippen LogP contribution in [0.2, 0.25) is 0 Å². The smallest absolute Gasteiger partial charge is 0.311 e. The SMILES string of the molecule is COC(=O)Cc1cc(NC2CCCC2)c2ccccc2n1. The Morgan fingerprint density at radius 3 is 2.86 bits per heavy atom. The third kappa shape index (κ3) is 3.15. The molecule has 0 spiro atoms. The summed E-state index contributed by atoms with van der Waals surface area (Å²) in [5.74, 6) is -0.260. The van der Waals surface area contributed by atoms with E-state index in [2.05, 4.69) is 16.4 Å². The van der Waals surface area contributed by atoms with Crippen molar-refractivity contribution in [2.75, 3.05) is 12.4 Å². The lowest BCUT2D eigenvalue weighted by Crippen LogP contribution is -2.15. The molecule has 3 rings (SSSR count). The predicted molar refractivity (Wildman–Crippen MR) is 83.3 cm³/mol. The van der Waals surface area contributed by atoms with Gasteiger partial charge in [-0.15, -0.1) is 0 Å². The molecule has 0 saturated heterocycles. The Morgan fingerprint density at radius 1 is 1.33 bits per heavy atom. The number of pyridine rings is 1. The monoisotopic (exact) mass is 284 g/mol. The summed E-state index contributed by atoms with van der Waals surface area (Å²) in [4.78, 5) is 16.0. The van der Waals surface area contributed by atoms with Crippen molar-refractivity contribution in [1.29, 1.82) is 0 Å². The molecule has 21 heavy (non-hydrogen) atoms. The van der Waals surface area contributed by atoms with E-state index >= 15 is 0 Å². The number of aromatic nitrogens is 1. The van der Waals surface area contributed by atoms with E-state index in [0.29, 0.717) is 6.04 Å². The summed E-state index contributed by atoms with van der Waals surface area (Å²) < 4.78 is 4.74. The minimum atomic E-state index is -0.260. The molecule has 1 aromatic heterocycles. The molecule has 0 unspecified atom stereocenters. The summed E-state index contributed by atoms with van der Waals surface area (Å²) in [6.45, 7) is 0. The number of nitrogens with zero attached hydrogens (tertiary/aromatic N) is 1. The van der Waals surface area contributed by atoms with Gasteiger partial charge in [-0.05, 0) is 25.0 Å². The highest BCUT2D eigenvalue weighted by atomic mass is 16.5. The topological polar surface area (TPSA) is 51.2 Å². The Bertz CT molecular complexity index is 648. The second-order valence-electron chi connectivity index (χ2n) is 5.56. The number of fused-ring (bicyclic) bond motifs is 1. The number of anilines is 1. The second kappa shape index (κ2) is 6.12. The number of para-hydroxylation sites is 1. The zero-order valence-corrected chi connectivity index (χ0v) is 12.3. The zero-order chi connectivity index (χ0) is 14.7. The maximum absolute atomic E-state index is 11.5. The van der Waals surface area contributed by atoms with E-state index in [1.807, 2.05) is 24.3 Å². The van der Waals surface area contributed by atoms with Gasteiger partial charge in [0, 0.05) is 17.1 Å². The van der Waals surface area contributed by atoms with Gasteiger partial charge in [-0.25, -0.2) is 0 Å². The molecule has 2 aromatic rings. The van der Waals surface area contributed by atoms with Gasteiger partial charge in [-0.1, -0.05) is 31.0 Å². The highest BCUT2D eigenvalue weighted by molar-refractivity contribution is 5.92. The predicted octanol–water partition coefficient (Wildman–Crippen LogP) is 3.30. The molecule has 110 valence electrons. The summed E-state index contributed by atoms with van der Waals surface area (Å²) in [6, 6.07) is 10.6. The summed E-state index contributed by atoms with van der Waals surface area (Å²) >= 11 is 0. The minimum Gasteiger partial charge on any atom is -0.469 e. The van der Waals surface area contributed by atoms with Gasteiger partial charge < -0.3 is 10.1 Å². The number of methoxy groups -OCH3 is 1. The highest BCUT2D eigenvalue weighted by Crippen LogP contribution is 2.28. The van der Waals surface area contributed by atoms with Crippen molar-refractivity contribution in [3.63, 3.8) is 0 Å². The first-order valence-corrected chi connectivity index (χ1v) is 7.48.